The molecule has 0 atom stereocenters. The zero-order valence-electron chi connectivity index (χ0n) is 31.3. The smallest absolute Gasteiger partial charge is 0.0541 e. The minimum atomic E-state index is 0.957. The molecule has 3 aromatic heterocycles. The molecule has 3 heteroatoms. The molecular formula is C54H37N3. The fraction of sp³-hybridized carbons (Fsp3) is 0.0370. The number of nitrogens with zero attached hydrogens (tertiary/aromatic N) is 3. The first-order valence-electron chi connectivity index (χ1n) is 19.9. The molecule has 0 radical (unpaired) electrons. The Hall–Kier alpha value is -7.36. The maximum atomic E-state index is 2.54. The molecule has 0 amide bonds. The van der Waals surface area contributed by atoms with E-state index in [1.807, 2.05) is 0 Å². The lowest BCUT2D eigenvalue weighted by Crippen LogP contribution is -2.07. The average molecular weight is 728 g/mol. The summed E-state index contributed by atoms with van der Waals surface area (Å²) in [4.78, 5) is 0. The number of benzene rings is 8. The number of aryl methyl sites for hydroxylation is 1. The molecule has 11 aromatic rings. The van der Waals surface area contributed by atoms with E-state index in [0.717, 1.165) is 12.8 Å². The van der Waals surface area contributed by atoms with Gasteiger partial charge >= 0.3 is 0 Å². The summed E-state index contributed by atoms with van der Waals surface area (Å²) >= 11 is 0. The quantitative estimate of drug-likeness (QED) is 0.168. The van der Waals surface area contributed by atoms with E-state index < -0.39 is 0 Å². The molecule has 1 aliphatic carbocycles. The molecule has 3 nitrogen and oxygen atoms in total. The molecule has 57 heavy (non-hydrogen) atoms. The fourth-order valence-electron chi connectivity index (χ4n) is 9.59. The summed E-state index contributed by atoms with van der Waals surface area (Å²) < 4.78 is 7.38. The summed E-state index contributed by atoms with van der Waals surface area (Å²) in [5, 5.41) is 6.40. The van der Waals surface area contributed by atoms with Crippen molar-refractivity contribution in [2.24, 2.45) is 0 Å². The van der Waals surface area contributed by atoms with Gasteiger partial charge in [0, 0.05) is 44.0 Å². The Labute approximate surface area is 330 Å². The van der Waals surface area contributed by atoms with Crippen LogP contribution in [0, 0.1) is 0 Å². The summed E-state index contributed by atoms with van der Waals surface area (Å²) in [7, 11) is 0. The molecule has 0 fully saturated rings. The molecule has 12 rings (SSSR count). The monoisotopic (exact) mass is 727 g/mol. The van der Waals surface area contributed by atoms with E-state index in [1.165, 1.54) is 105 Å². The highest BCUT2D eigenvalue weighted by Crippen LogP contribution is 2.43. The predicted octanol–water partition coefficient (Wildman–Crippen LogP) is 14.1. The Morgan fingerprint density at radius 1 is 0.298 bits per heavy atom. The van der Waals surface area contributed by atoms with Crippen LogP contribution in [0.3, 0.4) is 0 Å². The Morgan fingerprint density at radius 2 is 0.737 bits per heavy atom. The van der Waals surface area contributed by atoms with E-state index in [-0.39, 0.29) is 0 Å². The summed E-state index contributed by atoms with van der Waals surface area (Å²) in [5.41, 5.74) is 17.4. The van der Waals surface area contributed by atoms with Crippen molar-refractivity contribution in [3.05, 3.63) is 205 Å². The molecule has 0 unspecified atom stereocenters. The normalized spacial score (nSPS) is 12.9. The predicted molar refractivity (Wildman–Crippen MR) is 240 cm³/mol. The van der Waals surface area contributed by atoms with Crippen LogP contribution < -0.4 is 0 Å². The van der Waals surface area contributed by atoms with E-state index in [4.69, 9.17) is 0 Å². The van der Waals surface area contributed by atoms with Crippen LogP contribution in [0.1, 0.15) is 17.7 Å². The first-order valence-corrected chi connectivity index (χ1v) is 19.9. The highest BCUT2D eigenvalue weighted by Gasteiger charge is 2.24. The third-order valence-corrected chi connectivity index (χ3v) is 12.1. The first-order chi connectivity index (χ1) is 28.3. The molecule has 1 aliphatic rings. The van der Waals surface area contributed by atoms with Crippen LogP contribution in [-0.4, -0.2) is 13.7 Å². The lowest BCUT2D eigenvalue weighted by atomic mass is 9.98. The Balaban J connectivity index is 1.08. The van der Waals surface area contributed by atoms with Crippen LogP contribution in [-0.2, 0) is 6.42 Å². The van der Waals surface area contributed by atoms with Gasteiger partial charge in [0.15, 0.2) is 0 Å². The van der Waals surface area contributed by atoms with Crippen molar-refractivity contribution >= 4 is 66.3 Å². The summed E-state index contributed by atoms with van der Waals surface area (Å²) in [6.07, 6.45) is 4.40. The number of hydrogen-bond donors (Lipinski definition) is 0. The SMILES string of the molecule is C1=C(n2c3ccc(-c4ccccc4)cc3c3cc(-c4ccc5c(c4)c4ccccc4n5-c4ccccc4)ccc32)CCc2c1n(-c1ccccc1)c1ccccc21. The van der Waals surface area contributed by atoms with Gasteiger partial charge < -0.3 is 13.7 Å². The maximum absolute atomic E-state index is 2.54. The van der Waals surface area contributed by atoms with Crippen molar-refractivity contribution in [2.75, 3.05) is 0 Å². The van der Waals surface area contributed by atoms with E-state index in [9.17, 15) is 0 Å². The molecule has 0 aliphatic heterocycles. The van der Waals surface area contributed by atoms with Crippen LogP contribution in [0.25, 0.3) is 99.9 Å². The van der Waals surface area contributed by atoms with Crippen molar-refractivity contribution in [3.8, 4) is 33.6 Å². The number of allylic oxidation sites excluding steroid dienone is 1. The minimum absolute atomic E-state index is 0.957. The van der Waals surface area contributed by atoms with Gasteiger partial charge in [-0.2, -0.15) is 0 Å². The number of aromatic nitrogens is 3. The molecular weight excluding hydrogens is 691 g/mol. The summed E-state index contributed by atoms with van der Waals surface area (Å²) in [5.74, 6) is 0. The van der Waals surface area contributed by atoms with Gasteiger partial charge in [0.05, 0.1) is 33.3 Å². The zero-order valence-corrected chi connectivity index (χ0v) is 31.3. The topological polar surface area (TPSA) is 14.8 Å². The Bertz CT molecular complexity index is 3380. The second kappa shape index (κ2) is 12.6. The number of hydrogen-bond acceptors (Lipinski definition) is 0. The lowest BCUT2D eigenvalue weighted by molar-refractivity contribution is 0.936. The second-order valence-electron chi connectivity index (χ2n) is 15.3. The summed E-state index contributed by atoms with van der Waals surface area (Å²) in [6.45, 7) is 0. The van der Waals surface area contributed by atoms with Gasteiger partial charge in [-0.1, -0.05) is 121 Å². The van der Waals surface area contributed by atoms with Gasteiger partial charge in [-0.15, -0.1) is 0 Å². The minimum Gasteiger partial charge on any atom is -0.313 e. The van der Waals surface area contributed by atoms with Gasteiger partial charge in [-0.05, 0) is 120 Å². The molecule has 8 aromatic carbocycles. The number of rotatable bonds is 5. The fourth-order valence-corrected chi connectivity index (χ4v) is 9.59. The van der Waals surface area contributed by atoms with Gasteiger partial charge in [-0.25, -0.2) is 0 Å². The standard InChI is InChI=1S/C54H37N3/c1-4-14-36(15-5-1)37-24-29-52-47(32-37)48-34-39(38-25-30-51-46(33-38)44-21-11-13-23-50(44)55(51)40-16-6-2-7-17-40)26-31-53(48)57(52)42-27-28-45-43-20-10-12-22-49(43)56(54(45)35-42)41-18-8-3-9-19-41/h1-26,29-35H,27-28H2. The molecule has 0 saturated carbocycles. The molecule has 0 spiro atoms. The van der Waals surface area contributed by atoms with Gasteiger partial charge in [0.2, 0.25) is 0 Å². The van der Waals surface area contributed by atoms with Crippen LogP contribution >= 0.6 is 0 Å². The van der Waals surface area contributed by atoms with Crippen molar-refractivity contribution < 1.29 is 0 Å². The zero-order chi connectivity index (χ0) is 37.5. The molecule has 0 bridgehead atoms. The molecule has 0 saturated heterocycles. The van der Waals surface area contributed by atoms with Crippen molar-refractivity contribution in [2.45, 2.75) is 12.8 Å². The Kier molecular flexibility index (Phi) is 7.05. The van der Waals surface area contributed by atoms with Crippen molar-refractivity contribution in [1.29, 1.82) is 0 Å². The number of para-hydroxylation sites is 4. The highest BCUT2D eigenvalue weighted by molar-refractivity contribution is 6.14. The third kappa shape index (κ3) is 4.92. The average Bonchev–Trinajstić information content (AvgIpc) is 3.92. The van der Waals surface area contributed by atoms with Crippen LogP contribution in [0.15, 0.2) is 194 Å². The number of fused-ring (bicyclic) bond motifs is 9. The Morgan fingerprint density at radius 3 is 1.35 bits per heavy atom. The highest BCUT2D eigenvalue weighted by atomic mass is 15.0. The van der Waals surface area contributed by atoms with E-state index >= 15 is 0 Å². The lowest BCUT2D eigenvalue weighted by Gasteiger charge is -2.19. The van der Waals surface area contributed by atoms with Crippen LogP contribution in [0.2, 0.25) is 0 Å². The second-order valence-corrected chi connectivity index (χ2v) is 15.3. The molecule has 268 valence electrons. The van der Waals surface area contributed by atoms with Crippen LogP contribution in [0.4, 0.5) is 0 Å². The molecule has 0 N–H and O–H groups in total. The van der Waals surface area contributed by atoms with Gasteiger partial charge in [0.1, 0.15) is 0 Å². The molecule has 3 heterocycles. The van der Waals surface area contributed by atoms with Crippen LogP contribution in [0.5, 0.6) is 0 Å². The van der Waals surface area contributed by atoms with Crippen molar-refractivity contribution in [3.63, 3.8) is 0 Å². The largest absolute Gasteiger partial charge is 0.313 e. The van der Waals surface area contributed by atoms with E-state index in [0.29, 0.717) is 0 Å². The van der Waals surface area contributed by atoms with E-state index in [1.54, 1.807) is 0 Å². The van der Waals surface area contributed by atoms with E-state index in [2.05, 4.69) is 214 Å². The first kappa shape index (κ1) is 31.9. The van der Waals surface area contributed by atoms with Gasteiger partial charge in [0.25, 0.3) is 0 Å². The summed E-state index contributed by atoms with van der Waals surface area (Å²) in [6, 6.07) is 71.0. The van der Waals surface area contributed by atoms with Crippen molar-refractivity contribution in [1.82, 2.24) is 13.7 Å². The van der Waals surface area contributed by atoms with Gasteiger partial charge in [-0.3, -0.25) is 0 Å². The third-order valence-electron chi connectivity index (χ3n) is 12.1. The maximum Gasteiger partial charge on any atom is 0.0541 e.